The van der Waals surface area contributed by atoms with Crippen LogP contribution in [0.4, 0.5) is 5.69 Å². The maximum Gasteiger partial charge on any atom is 0.0550 e. The van der Waals surface area contributed by atoms with Crippen molar-refractivity contribution in [3.8, 4) is 0 Å². The van der Waals surface area contributed by atoms with E-state index in [2.05, 4.69) is 55.2 Å². The van der Waals surface area contributed by atoms with Crippen molar-refractivity contribution in [1.82, 2.24) is 10.3 Å². The second kappa shape index (κ2) is 6.48. The lowest BCUT2D eigenvalue weighted by atomic mass is 10.1. The lowest BCUT2D eigenvalue weighted by molar-refractivity contribution is 0.705. The topological polar surface area (TPSA) is 28.2 Å². The van der Waals surface area contributed by atoms with Crippen molar-refractivity contribution in [1.29, 1.82) is 0 Å². The molecule has 0 spiro atoms. The number of pyridine rings is 1. The van der Waals surface area contributed by atoms with Crippen LogP contribution in [0.15, 0.2) is 18.3 Å². The van der Waals surface area contributed by atoms with E-state index in [4.69, 9.17) is 0 Å². The molecule has 0 aliphatic carbocycles. The molecule has 3 heteroatoms. The number of likely N-dealkylation sites (N-methyl/N-ethyl adjacent to an activating group) is 2. The molecule has 0 radical (unpaired) electrons. The van der Waals surface area contributed by atoms with Gasteiger partial charge in [0.1, 0.15) is 0 Å². The van der Waals surface area contributed by atoms with Gasteiger partial charge in [-0.3, -0.25) is 4.98 Å². The fourth-order valence-corrected chi connectivity index (χ4v) is 1.52. The Bertz CT molecular complexity index is 293. The number of nitrogens with zero attached hydrogens (tertiary/aromatic N) is 2. The highest BCUT2D eigenvalue weighted by Crippen LogP contribution is 2.15. The maximum absolute atomic E-state index is 4.47. The van der Waals surface area contributed by atoms with Crippen LogP contribution in [0.5, 0.6) is 0 Å². The summed E-state index contributed by atoms with van der Waals surface area (Å²) in [5.74, 6) is 0.501. The Morgan fingerprint density at radius 1 is 1.38 bits per heavy atom. The smallest absolute Gasteiger partial charge is 0.0550 e. The van der Waals surface area contributed by atoms with Gasteiger partial charge in [-0.15, -0.1) is 0 Å². The van der Waals surface area contributed by atoms with Crippen molar-refractivity contribution in [3.63, 3.8) is 0 Å². The van der Waals surface area contributed by atoms with E-state index in [1.807, 2.05) is 6.20 Å². The van der Waals surface area contributed by atoms with Gasteiger partial charge < -0.3 is 10.2 Å². The van der Waals surface area contributed by atoms with Crippen LogP contribution in [-0.2, 0) is 0 Å². The molecule has 1 rings (SSSR count). The second-order valence-electron chi connectivity index (χ2n) is 4.37. The molecular formula is C13H23N3. The molecule has 1 N–H and O–H groups in total. The van der Waals surface area contributed by atoms with E-state index in [1.54, 1.807) is 0 Å². The van der Waals surface area contributed by atoms with Gasteiger partial charge in [-0.25, -0.2) is 0 Å². The molecular weight excluding hydrogens is 198 g/mol. The largest absolute Gasteiger partial charge is 0.372 e. The fourth-order valence-electron chi connectivity index (χ4n) is 1.52. The highest BCUT2D eigenvalue weighted by Gasteiger charge is 2.03. The molecule has 1 heterocycles. The molecule has 16 heavy (non-hydrogen) atoms. The fraction of sp³-hybridized carbons (Fsp3) is 0.615. The molecule has 0 saturated heterocycles. The summed E-state index contributed by atoms with van der Waals surface area (Å²) < 4.78 is 0. The molecule has 90 valence electrons. The van der Waals surface area contributed by atoms with Crippen molar-refractivity contribution < 1.29 is 0 Å². The quantitative estimate of drug-likeness (QED) is 0.747. The number of nitrogens with one attached hydrogen (secondary N) is 1. The van der Waals surface area contributed by atoms with Crippen LogP contribution in [-0.4, -0.2) is 31.7 Å². The molecule has 1 aromatic rings. The van der Waals surface area contributed by atoms with E-state index in [9.17, 15) is 0 Å². The van der Waals surface area contributed by atoms with Crippen LogP contribution < -0.4 is 10.2 Å². The minimum absolute atomic E-state index is 0.501. The molecule has 3 nitrogen and oxygen atoms in total. The first-order valence-corrected chi connectivity index (χ1v) is 6.03. The molecule has 0 amide bonds. The number of rotatable bonds is 6. The summed E-state index contributed by atoms with van der Waals surface area (Å²) in [4.78, 5) is 6.69. The van der Waals surface area contributed by atoms with Crippen molar-refractivity contribution >= 4 is 5.69 Å². The van der Waals surface area contributed by atoms with Crippen LogP contribution >= 0.6 is 0 Å². The van der Waals surface area contributed by atoms with E-state index in [0.717, 1.165) is 25.3 Å². The highest BCUT2D eigenvalue weighted by atomic mass is 15.1. The first-order valence-electron chi connectivity index (χ1n) is 6.03. The third-order valence-electron chi connectivity index (χ3n) is 2.68. The van der Waals surface area contributed by atoms with E-state index >= 15 is 0 Å². The zero-order valence-electron chi connectivity index (χ0n) is 10.8. The lowest BCUT2D eigenvalue weighted by Gasteiger charge is -2.19. The van der Waals surface area contributed by atoms with Gasteiger partial charge in [-0.1, -0.05) is 20.8 Å². The molecule has 0 bridgehead atoms. The van der Waals surface area contributed by atoms with Gasteiger partial charge in [0.2, 0.25) is 0 Å². The number of aromatic nitrogens is 1. The molecule has 0 fully saturated rings. The van der Waals surface area contributed by atoms with Crippen LogP contribution in [0.1, 0.15) is 32.4 Å². The van der Waals surface area contributed by atoms with Crippen LogP contribution in [0.3, 0.4) is 0 Å². The zero-order chi connectivity index (χ0) is 12.0. The van der Waals surface area contributed by atoms with Gasteiger partial charge in [-0.2, -0.15) is 0 Å². The summed E-state index contributed by atoms with van der Waals surface area (Å²) >= 11 is 0. The SMILES string of the molecule is CCNCCN(C)c1ccc(C(C)C)nc1. The van der Waals surface area contributed by atoms with Crippen molar-refractivity contribution in [2.24, 2.45) is 0 Å². The second-order valence-corrected chi connectivity index (χ2v) is 4.37. The summed E-state index contributed by atoms with van der Waals surface area (Å²) in [5, 5.41) is 3.32. The van der Waals surface area contributed by atoms with Crippen LogP contribution in [0.2, 0.25) is 0 Å². The van der Waals surface area contributed by atoms with Gasteiger partial charge in [0.15, 0.2) is 0 Å². The first kappa shape index (κ1) is 13.0. The first-order chi connectivity index (χ1) is 7.65. The predicted molar refractivity (Wildman–Crippen MR) is 70.1 cm³/mol. The van der Waals surface area contributed by atoms with E-state index in [0.29, 0.717) is 5.92 Å². The lowest BCUT2D eigenvalue weighted by Crippen LogP contribution is -2.29. The van der Waals surface area contributed by atoms with Gasteiger partial charge in [0, 0.05) is 25.8 Å². The van der Waals surface area contributed by atoms with Gasteiger partial charge in [-0.05, 0) is 24.6 Å². The molecule has 0 unspecified atom stereocenters. The van der Waals surface area contributed by atoms with E-state index in [1.165, 1.54) is 5.69 Å². The molecule has 0 aliphatic rings. The Morgan fingerprint density at radius 3 is 2.62 bits per heavy atom. The van der Waals surface area contributed by atoms with Crippen molar-refractivity contribution in [2.45, 2.75) is 26.7 Å². The Kier molecular flexibility index (Phi) is 5.26. The Balaban J connectivity index is 2.52. The average molecular weight is 221 g/mol. The summed E-state index contributed by atoms with van der Waals surface area (Å²) in [7, 11) is 2.10. The molecule has 0 saturated carbocycles. The van der Waals surface area contributed by atoms with Crippen molar-refractivity contribution in [3.05, 3.63) is 24.0 Å². The Labute approximate surface area is 98.9 Å². The van der Waals surface area contributed by atoms with E-state index in [-0.39, 0.29) is 0 Å². The Morgan fingerprint density at radius 2 is 2.12 bits per heavy atom. The zero-order valence-corrected chi connectivity index (χ0v) is 10.8. The van der Waals surface area contributed by atoms with Gasteiger partial charge >= 0.3 is 0 Å². The summed E-state index contributed by atoms with van der Waals surface area (Å²) in [6.07, 6.45) is 1.96. The molecule has 0 aliphatic heterocycles. The normalized spacial score (nSPS) is 10.8. The van der Waals surface area contributed by atoms with Gasteiger partial charge in [0.05, 0.1) is 11.9 Å². The Hall–Kier alpha value is -1.09. The van der Waals surface area contributed by atoms with Crippen molar-refractivity contribution in [2.75, 3.05) is 31.6 Å². The molecule has 0 atom stereocenters. The monoisotopic (exact) mass is 221 g/mol. The summed E-state index contributed by atoms with van der Waals surface area (Å²) in [6, 6.07) is 4.26. The standard InChI is InChI=1S/C13H23N3/c1-5-14-8-9-16(4)12-6-7-13(11(2)3)15-10-12/h6-7,10-11,14H,5,8-9H2,1-4H3. The van der Waals surface area contributed by atoms with Gasteiger partial charge in [0.25, 0.3) is 0 Å². The van der Waals surface area contributed by atoms with Crippen LogP contribution in [0, 0.1) is 0 Å². The summed E-state index contributed by atoms with van der Waals surface area (Å²) in [6.45, 7) is 9.50. The minimum Gasteiger partial charge on any atom is -0.372 e. The number of hydrogen-bond donors (Lipinski definition) is 1. The maximum atomic E-state index is 4.47. The summed E-state index contributed by atoms with van der Waals surface area (Å²) in [5.41, 5.74) is 2.34. The van der Waals surface area contributed by atoms with Crippen LogP contribution in [0.25, 0.3) is 0 Å². The average Bonchev–Trinajstić information content (AvgIpc) is 2.29. The van der Waals surface area contributed by atoms with E-state index < -0.39 is 0 Å². The minimum atomic E-state index is 0.501. The third kappa shape index (κ3) is 3.81. The predicted octanol–water partition coefficient (Wildman–Crippen LogP) is 2.25. The third-order valence-corrected chi connectivity index (χ3v) is 2.68. The highest BCUT2D eigenvalue weighted by molar-refractivity contribution is 5.43. The number of anilines is 1. The molecule has 1 aromatic heterocycles. The number of hydrogen-bond acceptors (Lipinski definition) is 3. The molecule has 0 aromatic carbocycles.